The van der Waals surface area contributed by atoms with Crippen molar-refractivity contribution >= 4 is 35.0 Å². The highest BCUT2D eigenvalue weighted by Crippen LogP contribution is 2.22. The van der Waals surface area contributed by atoms with E-state index in [4.69, 9.17) is 16.1 Å². The van der Waals surface area contributed by atoms with Crippen LogP contribution >= 0.6 is 23.4 Å². The minimum Gasteiger partial charge on any atom is -0.338 e. The molecule has 0 saturated carbocycles. The van der Waals surface area contributed by atoms with Gasteiger partial charge in [0.2, 0.25) is 17.6 Å². The summed E-state index contributed by atoms with van der Waals surface area (Å²) >= 11 is 7.60. The molecule has 1 amide bonds. The molecule has 0 aliphatic rings. The van der Waals surface area contributed by atoms with Gasteiger partial charge in [0.15, 0.2) is 0 Å². The third-order valence-corrected chi connectivity index (χ3v) is 4.97. The number of hydrogen-bond donors (Lipinski definition) is 1. The minimum absolute atomic E-state index is 0.0725. The van der Waals surface area contributed by atoms with Crippen molar-refractivity contribution in [3.05, 3.63) is 65.0 Å². The summed E-state index contributed by atoms with van der Waals surface area (Å²) < 4.78 is 5.29. The number of carbonyl (C=O) groups excluding carboxylic acids is 1. The Kier molecular flexibility index (Phi) is 6.30. The highest BCUT2D eigenvalue weighted by molar-refractivity contribution is 7.98. The monoisotopic (exact) mass is 387 g/mol. The first kappa shape index (κ1) is 18.5. The van der Waals surface area contributed by atoms with E-state index < -0.39 is 0 Å². The normalized spacial score (nSPS) is 10.7. The summed E-state index contributed by atoms with van der Waals surface area (Å²) in [7, 11) is 0. The quantitative estimate of drug-likeness (QED) is 0.580. The summed E-state index contributed by atoms with van der Waals surface area (Å²) in [5.74, 6) is 2.29. The zero-order chi connectivity index (χ0) is 18.4. The molecule has 5 nitrogen and oxygen atoms in total. The number of nitrogens with zero attached hydrogens (tertiary/aromatic N) is 2. The van der Waals surface area contributed by atoms with Crippen molar-refractivity contribution in [2.45, 2.75) is 19.1 Å². The van der Waals surface area contributed by atoms with E-state index in [1.165, 1.54) is 0 Å². The molecule has 0 atom stereocenters. The number of aromatic nitrogens is 2. The SMILES string of the molecule is Cc1ccccc1-c1noc(CSCCC(=O)Nc2ccccc2Cl)n1. The maximum absolute atomic E-state index is 12.0. The number of amides is 1. The van der Waals surface area contributed by atoms with Crippen LogP contribution in [0.3, 0.4) is 0 Å². The zero-order valence-electron chi connectivity index (χ0n) is 14.2. The average Bonchev–Trinajstić information content (AvgIpc) is 3.10. The molecular formula is C19H18ClN3O2S. The van der Waals surface area contributed by atoms with E-state index in [0.29, 0.717) is 40.4 Å². The third-order valence-electron chi connectivity index (χ3n) is 3.70. The van der Waals surface area contributed by atoms with Gasteiger partial charge in [0, 0.05) is 17.7 Å². The van der Waals surface area contributed by atoms with Gasteiger partial charge >= 0.3 is 0 Å². The second-order valence-electron chi connectivity index (χ2n) is 5.66. The lowest BCUT2D eigenvalue weighted by Gasteiger charge is -2.06. The van der Waals surface area contributed by atoms with Crippen molar-refractivity contribution in [1.29, 1.82) is 0 Å². The predicted octanol–water partition coefficient (Wildman–Crippen LogP) is 4.96. The number of benzene rings is 2. The van der Waals surface area contributed by atoms with Crippen LogP contribution in [0.4, 0.5) is 5.69 Å². The Morgan fingerprint density at radius 3 is 2.77 bits per heavy atom. The average molecular weight is 388 g/mol. The van der Waals surface area contributed by atoms with E-state index in [0.717, 1.165) is 11.1 Å². The van der Waals surface area contributed by atoms with Crippen LogP contribution < -0.4 is 5.32 Å². The predicted molar refractivity (Wildman–Crippen MR) is 105 cm³/mol. The van der Waals surface area contributed by atoms with Gasteiger partial charge in [0.05, 0.1) is 16.5 Å². The van der Waals surface area contributed by atoms with E-state index in [2.05, 4.69) is 15.5 Å². The van der Waals surface area contributed by atoms with Crippen LogP contribution in [0, 0.1) is 6.92 Å². The summed E-state index contributed by atoms with van der Waals surface area (Å²) in [6, 6.07) is 15.1. The van der Waals surface area contributed by atoms with Crippen LogP contribution in [0.25, 0.3) is 11.4 Å². The van der Waals surface area contributed by atoms with Gasteiger partial charge in [0.25, 0.3) is 0 Å². The fourth-order valence-corrected chi connectivity index (χ4v) is 3.30. The lowest BCUT2D eigenvalue weighted by Crippen LogP contribution is -2.12. The summed E-state index contributed by atoms with van der Waals surface area (Å²) in [6.45, 7) is 2.01. The minimum atomic E-state index is -0.0725. The summed E-state index contributed by atoms with van der Waals surface area (Å²) in [5, 5.41) is 7.37. The summed E-state index contributed by atoms with van der Waals surface area (Å²) in [6.07, 6.45) is 0.384. The topological polar surface area (TPSA) is 68.0 Å². The molecule has 0 unspecified atom stereocenters. The number of para-hydroxylation sites is 1. The molecule has 26 heavy (non-hydrogen) atoms. The number of halogens is 1. The van der Waals surface area contributed by atoms with Crippen LogP contribution in [0.1, 0.15) is 17.9 Å². The number of aryl methyl sites for hydroxylation is 1. The molecule has 0 bridgehead atoms. The van der Waals surface area contributed by atoms with Crippen molar-refractivity contribution in [1.82, 2.24) is 10.1 Å². The van der Waals surface area contributed by atoms with E-state index in [9.17, 15) is 4.79 Å². The molecule has 0 spiro atoms. The first-order valence-corrected chi connectivity index (χ1v) is 9.67. The Morgan fingerprint density at radius 2 is 1.96 bits per heavy atom. The molecule has 2 aromatic carbocycles. The molecule has 0 aliphatic heterocycles. The van der Waals surface area contributed by atoms with Gasteiger partial charge in [-0.1, -0.05) is 53.2 Å². The summed E-state index contributed by atoms with van der Waals surface area (Å²) in [4.78, 5) is 16.4. The highest BCUT2D eigenvalue weighted by atomic mass is 35.5. The third kappa shape index (κ3) is 4.86. The van der Waals surface area contributed by atoms with Gasteiger partial charge in [-0.05, 0) is 24.6 Å². The molecule has 1 N–H and O–H groups in total. The molecule has 3 rings (SSSR count). The second kappa shape index (κ2) is 8.87. The molecule has 0 aliphatic carbocycles. The molecule has 7 heteroatoms. The summed E-state index contributed by atoms with van der Waals surface area (Å²) in [5.41, 5.74) is 2.69. The van der Waals surface area contributed by atoms with Crippen LogP contribution in [-0.4, -0.2) is 21.8 Å². The number of nitrogens with one attached hydrogen (secondary N) is 1. The first-order valence-electron chi connectivity index (χ1n) is 8.14. The maximum atomic E-state index is 12.0. The van der Waals surface area contributed by atoms with Crippen molar-refractivity contribution in [2.24, 2.45) is 0 Å². The molecule has 0 radical (unpaired) electrons. The molecule has 3 aromatic rings. The Morgan fingerprint density at radius 1 is 1.19 bits per heavy atom. The molecule has 134 valence electrons. The van der Waals surface area contributed by atoms with Crippen LogP contribution in [-0.2, 0) is 10.5 Å². The standard InChI is InChI=1S/C19H18ClN3O2S/c1-13-6-2-3-7-14(13)19-22-18(25-23-19)12-26-11-10-17(24)21-16-9-5-4-8-15(16)20/h2-9H,10-12H2,1H3,(H,21,24). The lowest BCUT2D eigenvalue weighted by atomic mass is 10.1. The highest BCUT2D eigenvalue weighted by Gasteiger charge is 2.11. The van der Waals surface area contributed by atoms with E-state index in [1.54, 1.807) is 23.9 Å². The molecular weight excluding hydrogens is 370 g/mol. The Labute approximate surface area is 161 Å². The van der Waals surface area contributed by atoms with Crippen molar-refractivity contribution in [3.8, 4) is 11.4 Å². The van der Waals surface area contributed by atoms with E-state index >= 15 is 0 Å². The van der Waals surface area contributed by atoms with E-state index in [-0.39, 0.29) is 5.91 Å². The van der Waals surface area contributed by atoms with Crippen molar-refractivity contribution in [2.75, 3.05) is 11.1 Å². The Balaban J connectivity index is 1.45. The van der Waals surface area contributed by atoms with Gasteiger partial charge in [-0.25, -0.2) is 0 Å². The van der Waals surface area contributed by atoms with Gasteiger partial charge in [-0.2, -0.15) is 16.7 Å². The molecule has 1 aromatic heterocycles. The Bertz CT molecular complexity index is 898. The number of hydrogen-bond acceptors (Lipinski definition) is 5. The second-order valence-corrected chi connectivity index (χ2v) is 7.17. The van der Waals surface area contributed by atoms with Gasteiger partial charge in [-0.15, -0.1) is 0 Å². The molecule has 0 fully saturated rings. The number of thioether (sulfide) groups is 1. The molecule has 0 saturated heterocycles. The fraction of sp³-hybridized carbons (Fsp3) is 0.211. The van der Waals surface area contributed by atoms with Crippen molar-refractivity contribution in [3.63, 3.8) is 0 Å². The van der Waals surface area contributed by atoms with Crippen LogP contribution in [0.15, 0.2) is 53.1 Å². The lowest BCUT2D eigenvalue weighted by molar-refractivity contribution is -0.115. The largest absolute Gasteiger partial charge is 0.338 e. The van der Waals surface area contributed by atoms with Crippen LogP contribution in [0.2, 0.25) is 5.02 Å². The Hall–Kier alpha value is -2.31. The van der Waals surface area contributed by atoms with Gasteiger partial charge < -0.3 is 9.84 Å². The first-order chi connectivity index (χ1) is 12.6. The van der Waals surface area contributed by atoms with Gasteiger partial charge in [0.1, 0.15) is 0 Å². The van der Waals surface area contributed by atoms with E-state index in [1.807, 2.05) is 43.3 Å². The van der Waals surface area contributed by atoms with Crippen molar-refractivity contribution < 1.29 is 9.32 Å². The maximum Gasteiger partial charge on any atom is 0.236 e. The number of rotatable bonds is 7. The number of anilines is 1. The smallest absolute Gasteiger partial charge is 0.236 e. The van der Waals surface area contributed by atoms with Gasteiger partial charge in [-0.3, -0.25) is 4.79 Å². The van der Waals surface area contributed by atoms with Crippen LogP contribution in [0.5, 0.6) is 0 Å². The molecule has 1 heterocycles. The zero-order valence-corrected chi connectivity index (χ0v) is 15.8. The number of carbonyl (C=O) groups is 1. The fourth-order valence-electron chi connectivity index (χ4n) is 2.35.